The normalized spacial score (nSPS) is 12.7. The molecule has 0 bridgehead atoms. The van der Waals surface area contributed by atoms with E-state index in [1.165, 1.54) is 13.4 Å². The van der Waals surface area contributed by atoms with E-state index in [1.807, 2.05) is 13.0 Å². The number of hydrogen-bond donors (Lipinski definition) is 2. The number of carbonyl (C=O) groups excluding carboxylic acids is 1. The van der Waals surface area contributed by atoms with E-state index in [0.29, 0.717) is 36.1 Å². The Bertz CT molecular complexity index is 736. The number of methoxy groups -OCH3 is 1. The van der Waals surface area contributed by atoms with Crippen LogP contribution in [0.15, 0.2) is 28.1 Å². The predicted octanol–water partition coefficient (Wildman–Crippen LogP) is 1.88. The Morgan fingerprint density at radius 3 is 2.46 bits per heavy atom. The number of guanidine groups is 1. The number of esters is 1. The fraction of sp³-hybridized carbons (Fsp3) is 0.529. The van der Waals surface area contributed by atoms with Gasteiger partial charge in [0.25, 0.3) is 0 Å². The zero-order valence-electron chi connectivity index (χ0n) is 15.8. The number of aryl methyl sites for hydroxylation is 1. The van der Waals surface area contributed by atoms with Crippen molar-refractivity contribution in [3.8, 4) is 0 Å². The second-order valence-corrected chi connectivity index (χ2v) is 7.86. The summed E-state index contributed by atoms with van der Waals surface area (Å²) in [7, 11) is -1.86. The minimum absolute atomic E-state index is 0. The van der Waals surface area contributed by atoms with Crippen LogP contribution in [0.5, 0.6) is 0 Å². The Balaban J connectivity index is 0.00000625. The van der Waals surface area contributed by atoms with Crippen LogP contribution in [0.3, 0.4) is 0 Å². The first-order valence-corrected chi connectivity index (χ1v) is 9.97. The summed E-state index contributed by atoms with van der Waals surface area (Å²) < 4.78 is 28.0. The van der Waals surface area contributed by atoms with E-state index in [0.717, 1.165) is 5.56 Å². The molecule has 9 heteroatoms. The van der Waals surface area contributed by atoms with Crippen LogP contribution in [0.4, 0.5) is 0 Å². The van der Waals surface area contributed by atoms with Crippen LogP contribution in [0.2, 0.25) is 0 Å². The second-order valence-electron chi connectivity index (χ2n) is 5.87. The van der Waals surface area contributed by atoms with Gasteiger partial charge in [-0.1, -0.05) is 19.1 Å². The molecule has 1 aromatic rings. The van der Waals surface area contributed by atoms with E-state index in [2.05, 4.69) is 15.6 Å². The molecular weight excluding hydrogens is 469 g/mol. The lowest BCUT2D eigenvalue weighted by atomic mass is 10.1. The Morgan fingerprint density at radius 2 is 1.96 bits per heavy atom. The molecule has 0 spiro atoms. The molecule has 26 heavy (non-hydrogen) atoms. The zero-order chi connectivity index (χ0) is 19.0. The van der Waals surface area contributed by atoms with E-state index in [1.54, 1.807) is 26.0 Å². The number of hydrogen-bond acceptors (Lipinski definition) is 5. The average molecular weight is 497 g/mol. The molecule has 1 rings (SSSR count). The maximum atomic E-state index is 11.7. The topological polar surface area (TPSA) is 96.9 Å². The molecule has 1 unspecified atom stereocenters. The molecular formula is C17H28IN3O4S. The summed E-state index contributed by atoms with van der Waals surface area (Å²) in [6, 6.07) is 5.18. The minimum Gasteiger partial charge on any atom is -0.469 e. The molecule has 0 saturated heterocycles. The summed E-state index contributed by atoms with van der Waals surface area (Å²) in [4.78, 5) is 16.2. The largest absolute Gasteiger partial charge is 0.469 e. The first-order chi connectivity index (χ1) is 11.7. The molecule has 2 N–H and O–H groups in total. The number of halogens is 1. The van der Waals surface area contributed by atoms with Crippen molar-refractivity contribution in [2.45, 2.75) is 32.2 Å². The molecule has 0 heterocycles. The third-order valence-corrected chi connectivity index (χ3v) is 4.84. The number of aliphatic imine (C=N–C) groups is 1. The first-order valence-electron chi connectivity index (χ1n) is 8.08. The minimum atomic E-state index is -3.22. The van der Waals surface area contributed by atoms with Gasteiger partial charge < -0.3 is 15.4 Å². The van der Waals surface area contributed by atoms with Crippen molar-refractivity contribution in [2.75, 3.05) is 26.5 Å². The number of nitrogens with zero attached hydrogens (tertiary/aromatic N) is 1. The Labute approximate surface area is 172 Å². The van der Waals surface area contributed by atoms with Gasteiger partial charge in [-0.3, -0.25) is 4.79 Å². The van der Waals surface area contributed by atoms with Crippen molar-refractivity contribution in [2.24, 2.45) is 10.9 Å². The molecule has 0 aliphatic rings. The average Bonchev–Trinajstić information content (AvgIpc) is 2.55. The fourth-order valence-electron chi connectivity index (χ4n) is 2.27. The molecule has 0 radical (unpaired) electrons. The zero-order valence-corrected chi connectivity index (χ0v) is 19.0. The molecule has 0 fully saturated rings. The van der Waals surface area contributed by atoms with Gasteiger partial charge in [-0.15, -0.1) is 24.0 Å². The molecule has 1 atom stereocenters. The van der Waals surface area contributed by atoms with Crippen molar-refractivity contribution in [3.63, 3.8) is 0 Å². The summed E-state index contributed by atoms with van der Waals surface area (Å²) in [5, 5.41) is 6.20. The van der Waals surface area contributed by atoms with Gasteiger partial charge in [-0.2, -0.15) is 0 Å². The molecule has 0 aromatic heterocycles. The van der Waals surface area contributed by atoms with Gasteiger partial charge in [-0.25, -0.2) is 13.4 Å². The third kappa shape index (κ3) is 7.90. The van der Waals surface area contributed by atoms with Crippen molar-refractivity contribution < 1.29 is 17.9 Å². The van der Waals surface area contributed by atoms with Crippen molar-refractivity contribution in [3.05, 3.63) is 29.3 Å². The quantitative estimate of drug-likeness (QED) is 0.259. The number of nitrogens with one attached hydrogen (secondary N) is 2. The van der Waals surface area contributed by atoms with Gasteiger partial charge in [0.05, 0.1) is 24.5 Å². The van der Waals surface area contributed by atoms with E-state index in [-0.39, 0.29) is 35.9 Å². The van der Waals surface area contributed by atoms with E-state index >= 15 is 0 Å². The Hall–Kier alpha value is -1.36. The Kier molecular flexibility index (Phi) is 10.8. The molecule has 0 saturated carbocycles. The summed E-state index contributed by atoms with van der Waals surface area (Å²) in [6.45, 7) is 6.98. The van der Waals surface area contributed by atoms with Crippen molar-refractivity contribution in [1.82, 2.24) is 10.6 Å². The maximum Gasteiger partial charge on any atom is 0.310 e. The molecule has 148 valence electrons. The van der Waals surface area contributed by atoms with Crippen molar-refractivity contribution >= 4 is 45.7 Å². The summed E-state index contributed by atoms with van der Waals surface area (Å²) >= 11 is 0. The number of rotatable bonds is 7. The molecule has 0 amide bonds. The fourth-order valence-corrected chi connectivity index (χ4v) is 3.23. The second kappa shape index (κ2) is 11.4. The monoisotopic (exact) mass is 497 g/mol. The highest BCUT2D eigenvalue weighted by Crippen LogP contribution is 2.17. The lowest BCUT2D eigenvalue weighted by Crippen LogP contribution is -2.40. The van der Waals surface area contributed by atoms with Crippen molar-refractivity contribution in [1.29, 1.82) is 0 Å². The number of benzene rings is 1. The predicted molar refractivity (Wildman–Crippen MR) is 114 cm³/mol. The van der Waals surface area contributed by atoms with Crippen LogP contribution in [0.25, 0.3) is 0 Å². The highest BCUT2D eigenvalue weighted by Gasteiger charge is 2.13. The molecule has 1 aromatic carbocycles. The van der Waals surface area contributed by atoms with Gasteiger partial charge in [0.1, 0.15) is 0 Å². The lowest BCUT2D eigenvalue weighted by molar-refractivity contribution is -0.144. The van der Waals surface area contributed by atoms with Gasteiger partial charge in [-0.05, 0) is 31.0 Å². The van der Waals surface area contributed by atoms with Crippen LogP contribution in [0.1, 0.15) is 25.0 Å². The summed E-state index contributed by atoms with van der Waals surface area (Å²) in [5.41, 5.74) is 1.61. The van der Waals surface area contributed by atoms with Crippen LogP contribution in [-0.2, 0) is 25.9 Å². The van der Waals surface area contributed by atoms with Gasteiger partial charge in [0, 0.05) is 19.3 Å². The van der Waals surface area contributed by atoms with E-state index < -0.39 is 9.84 Å². The van der Waals surface area contributed by atoms with Crippen LogP contribution < -0.4 is 10.6 Å². The standard InChI is InChI=1S/C17H27N3O4S.HI/c1-6-18-17(19-10-13(3)16(21)24-4)20-11-14-7-8-15(12(2)9-14)25(5,22)23;/h7-9,13H,6,10-11H2,1-5H3,(H2,18,19,20);1H. The maximum absolute atomic E-state index is 11.7. The first kappa shape index (κ1) is 24.6. The summed E-state index contributed by atoms with van der Waals surface area (Å²) in [6.07, 6.45) is 1.20. The number of sulfone groups is 1. The SMILES string of the molecule is CCNC(=NCc1ccc(S(C)(=O)=O)c(C)c1)NCC(C)C(=O)OC.I. The highest BCUT2D eigenvalue weighted by atomic mass is 127. The number of carbonyl (C=O) groups is 1. The molecule has 0 aliphatic heterocycles. The highest BCUT2D eigenvalue weighted by molar-refractivity contribution is 14.0. The third-order valence-electron chi connectivity index (χ3n) is 3.58. The van der Waals surface area contributed by atoms with E-state index in [4.69, 9.17) is 4.74 Å². The molecule has 7 nitrogen and oxygen atoms in total. The van der Waals surface area contributed by atoms with Crippen LogP contribution in [-0.4, -0.2) is 46.8 Å². The van der Waals surface area contributed by atoms with Gasteiger partial charge in [0.2, 0.25) is 0 Å². The number of ether oxygens (including phenoxy) is 1. The van der Waals surface area contributed by atoms with Crippen LogP contribution >= 0.6 is 24.0 Å². The molecule has 0 aliphatic carbocycles. The summed E-state index contributed by atoms with van der Waals surface area (Å²) in [5.74, 6) is 0.0172. The van der Waals surface area contributed by atoms with Crippen LogP contribution in [0, 0.1) is 12.8 Å². The Morgan fingerprint density at radius 1 is 1.31 bits per heavy atom. The van der Waals surface area contributed by atoms with Gasteiger partial charge >= 0.3 is 5.97 Å². The smallest absolute Gasteiger partial charge is 0.310 e. The van der Waals surface area contributed by atoms with E-state index in [9.17, 15) is 13.2 Å². The lowest BCUT2D eigenvalue weighted by Gasteiger charge is -2.14. The van der Waals surface area contributed by atoms with Gasteiger partial charge in [0.15, 0.2) is 15.8 Å².